The molecule has 8 nitrogen and oxygen atoms in total. The monoisotopic (exact) mass is 598 g/mol. The second-order valence-corrected chi connectivity index (χ2v) is 7.68. The van der Waals surface area contributed by atoms with Gasteiger partial charge in [0.05, 0.1) is 11.1 Å². The molecule has 0 atom stereocenters. The summed E-state index contributed by atoms with van der Waals surface area (Å²) in [6, 6.07) is 0. The average Bonchev–Trinajstić information content (AvgIpc) is 2.96. The van der Waals surface area contributed by atoms with Gasteiger partial charge in [-0.1, -0.05) is 50.6 Å². The Balaban J connectivity index is 3.11. The van der Waals surface area contributed by atoms with Crippen LogP contribution in [0.5, 0.6) is 0 Å². The van der Waals surface area contributed by atoms with Gasteiger partial charge < -0.3 is 18.9 Å². The second kappa shape index (κ2) is 14.5. The fraction of sp³-hybridized carbons (Fsp3) is 0.143. The first kappa shape index (κ1) is 33.1. The van der Waals surface area contributed by atoms with Gasteiger partial charge in [-0.2, -0.15) is 0 Å². The van der Waals surface area contributed by atoms with E-state index in [1.807, 2.05) is 0 Å². The van der Waals surface area contributed by atoms with Crippen LogP contribution in [0.2, 0.25) is 0 Å². The first-order valence-electron chi connectivity index (χ1n) is 11.4. The molecule has 2 rings (SSSR count). The van der Waals surface area contributed by atoms with Crippen molar-refractivity contribution in [2.45, 2.75) is 0 Å². The molecule has 222 valence electrons. The predicted molar refractivity (Wildman–Crippen MR) is 134 cm³/mol. The van der Waals surface area contributed by atoms with E-state index in [-0.39, 0.29) is 0 Å². The lowest BCUT2D eigenvalue weighted by atomic mass is 9.92. The lowest BCUT2D eigenvalue weighted by Crippen LogP contribution is -2.23. The van der Waals surface area contributed by atoms with Gasteiger partial charge in [-0.15, -0.1) is 0 Å². The zero-order valence-corrected chi connectivity index (χ0v) is 21.5. The number of ether oxygens (including phenoxy) is 4. The third-order valence-electron chi connectivity index (χ3n) is 5.04. The molecule has 0 saturated carbocycles. The molecule has 0 radical (unpaired) electrons. The fourth-order valence-electron chi connectivity index (χ4n) is 3.35. The average molecular weight is 598 g/mol. The van der Waals surface area contributed by atoms with Crippen LogP contribution in [0.1, 0.15) is 41.4 Å². The molecule has 0 saturated heterocycles. The highest BCUT2D eigenvalue weighted by Crippen LogP contribution is 2.40. The molecule has 14 heteroatoms. The van der Waals surface area contributed by atoms with E-state index in [1.54, 1.807) is 0 Å². The Morgan fingerprint density at radius 1 is 0.429 bits per heavy atom. The Morgan fingerprint density at radius 2 is 0.643 bits per heavy atom. The molecule has 0 amide bonds. The normalized spacial score (nSPS) is 10.3. The molecule has 0 aliphatic carbocycles. The molecule has 0 N–H and O–H groups in total. The number of rotatable bonds is 13. The van der Waals surface area contributed by atoms with E-state index in [9.17, 15) is 19.2 Å². The third-order valence-corrected chi connectivity index (χ3v) is 5.04. The Bertz CT molecular complexity index is 1390. The van der Waals surface area contributed by atoms with Crippen molar-refractivity contribution in [1.82, 2.24) is 0 Å². The zero-order valence-electron chi connectivity index (χ0n) is 21.5. The highest BCUT2D eigenvalue weighted by Gasteiger charge is 2.40. The van der Waals surface area contributed by atoms with Crippen LogP contribution < -0.4 is 0 Å². The summed E-state index contributed by atoms with van der Waals surface area (Å²) in [6.07, 6.45) is 3.89. The van der Waals surface area contributed by atoms with Gasteiger partial charge in [0.2, 0.25) is 0 Å². The van der Waals surface area contributed by atoms with Crippen LogP contribution in [0, 0.1) is 34.9 Å². The summed E-state index contributed by atoms with van der Waals surface area (Å²) < 4.78 is 111. The van der Waals surface area contributed by atoms with Gasteiger partial charge in [-0.05, 0) is 0 Å². The predicted octanol–water partition coefficient (Wildman–Crippen LogP) is 5.56. The molecule has 0 unspecified atom stereocenters. The van der Waals surface area contributed by atoms with E-state index in [0.717, 1.165) is 24.3 Å². The third kappa shape index (κ3) is 6.43. The number of hydrogen-bond acceptors (Lipinski definition) is 8. The molecule has 2 aromatic rings. The first-order valence-corrected chi connectivity index (χ1v) is 11.4. The molecular weight excluding hydrogens is 578 g/mol. The fourth-order valence-corrected chi connectivity index (χ4v) is 3.35. The van der Waals surface area contributed by atoms with Crippen LogP contribution in [-0.4, -0.2) is 50.3 Å². The van der Waals surface area contributed by atoms with Crippen molar-refractivity contribution in [2.75, 3.05) is 26.4 Å². The van der Waals surface area contributed by atoms with Gasteiger partial charge in [0.1, 0.15) is 60.3 Å². The molecule has 0 bridgehead atoms. The molecule has 0 aliphatic heterocycles. The lowest BCUT2D eigenvalue weighted by Gasteiger charge is -2.18. The summed E-state index contributed by atoms with van der Waals surface area (Å²) in [5.41, 5.74) is -10.9. The molecule has 0 aliphatic rings. The van der Waals surface area contributed by atoms with Crippen molar-refractivity contribution in [3.8, 4) is 11.1 Å². The smallest absolute Gasteiger partial charge is 0.342 e. The second-order valence-electron chi connectivity index (χ2n) is 7.68. The van der Waals surface area contributed by atoms with Crippen molar-refractivity contribution in [3.05, 3.63) is 108 Å². The molecule has 0 heterocycles. The van der Waals surface area contributed by atoms with Crippen molar-refractivity contribution in [1.29, 1.82) is 0 Å². The van der Waals surface area contributed by atoms with Crippen molar-refractivity contribution in [3.63, 3.8) is 0 Å². The standard InChI is InChI=1S/C28H20F6O8/c1-5-9-39-25(35)15-17(27(37)41-11-7-3)23(33)21(31)13(19(15)29)14-20(30)16(26(36)40-10-6-2)18(24(34)22(14)32)28(38)42-12-8-4/h5-8H,1-4,9-12H2. The number of carbonyl (C=O) groups excluding carboxylic acids is 4. The Morgan fingerprint density at radius 3 is 0.857 bits per heavy atom. The number of carbonyl (C=O) groups is 4. The maximum Gasteiger partial charge on any atom is 0.342 e. The molecular formula is C28H20F6O8. The van der Waals surface area contributed by atoms with E-state index in [4.69, 9.17) is 0 Å². The Kier molecular flexibility index (Phi) is 11.4. The highest BCUT2D eigenvalue weighted by atomic mass is 19.2. The maximum absolute atomic E-state index is 15.8. The van der Waals surface area contributed by atoms with E-state index in [1.165, 1.54) is 0 Å². The summed E-state index contributed by atoms with van der Waals surface area (Å²) in [4.78, 5) is 50.0. The number of halogens is 6. The van der Waals surface area contributed by atoms with Crippen molar-refractivity contribution < 1.29 is 64.5 Å². The summed E-state index contributed by atoms with van der Waals surface area (Å²) in [5, 5.41) is 0. The van der Waals surface area contributed by atoms with E-state index < -0.39 is 119 Å². The van der Waals surface area contributed by atoms with Crippen molar-refractivity contribution >= 4 is 23.9 Å². The molecule has 0 aromatic heterocycles. The van der Waals surface area contributed by atoms with Gasteiger partial charge in [0.25, 0.3) is 0 Å². The first-order chi connectivity index (χ1) is 19.9. The molecule has 2 aromatic carbocycles. The quantitative estimate of drug-likeness (QED) is 0.0971. The van der Waals surface area contributed by atoms with E-state index >= 15 is 26.3 Å². The van der Waals surface area contributed by atoms with Crippen LogP contribution in [0.15, 0.2) is 50.6 Å². The maximum atomic E-state index is 15.8. The summed E-state index contributed by atoms with van der Waals surface area (Å²) >= 11 is 0. The van der Waals surface area contributed by atoms with Gasteiger partial charge in [-0.25, -0.2) is 45.5 Å². The summed E-state index contributed by atoms with van der Waals surface area (Å²) in [7, 11) is 0. The van der Waals surface area contributed by atoms with Crippen LogP contribution in [0.25, 0.3) is 11.1 Å². The number of esters is 4. The van der Waals surface area contributed by atoms with Gasteiger partial charge in [0.15, 0.2) is 23.3 Å². The minimum absolute atomic E-state index is 0.627. The largest absolute Gasteiger partial charge is 0.458 e. The lowest BCUT2D eigenvalue weighted by molar-refractivity contribution is 0.0491. The number of hydrogen-bond donors (Lipinski definition) is 0. The number of benzene rings is 2. The summed E-state index contributed by atoms with van der Waals surface area (Å²) in [5.74, 6) is -21.7. The minimum Gasteiger partial charge on any atom is -0.458 e. The molecule has 0 fully saturated rings. The van der Waals surface area contributed by atoms with Crippen molar-refractivity contribution in [2.24, 2.45) is 0 Å². The highest BCUT2D eigenvalue weighted by molar-refractivity contribution is 6.07. The molecule has 42 heavy (non-hydrogen) atoms. The van der Waals surface area contributed by atoms with E-state index in [0.29, 0.717) is 0 Å². The Hall–Kier alpha value is -5.14. The van der Waals surface area contributed by atoms with Crippen LogP contribution >= 0.6 is 0 Å². The minimum atomic E-state index is -2.51. The Labute approximate surface area is 234 Å². The van der Waals surface area contributed by atoms with Gasteiger partial charge in [0, 0.05) is 0 Å². The van der Waals surface area contributed by atoms with Crippen LogP contribution in [-0.2, 0) is 18.9 Å². The topological polar surface area (TPSA) is 105 Å². The molecule has 0 spiro atoms. The van der Waals surface area contributed by atoms with E-state index in [2.05, 4.69) is 45.3 Å². The zero-order chi connectivity index (χ0) is 31.7. The van der Waals surface area contributed by atoms with Crippen LogP contribution in [0.3, 0.4) is 0 Å². The van der Waals surface area contributed by atoms with Gasteiger partial charge >= 0.3 is 23.9 Å². The summed E-state index contributed by atoms with van der Waals surface area (Å²) in [6.45, 7) is 10.3. The SMILES string of the molecule is C=CCOC(=O)c1c(F)c(F)c(-c2c(F)c(F)c(C(=O)OCC=C)c(C(=O)OCC=C)c2F)c(F)c1C(=O)OCC=C. The van der Waals surface area contributed by atoms with Gasteiger partial charge in [-0.3, -0.25) is 0 Å². The van der Waals surface area contributed by atoms with Crippen LogP contribution in [0.4, 0.5) is 26.3 Å².